The van der Waals surface area contributed by atoms with Gasteiger partial charge in [-0.2, -0.15) is 0 Å². The van der Waals surface area contributed by atoms with Crippen molar-refractivity contribution in [2.75, 3.05) is 13.2 Å². The quantitative estimate of drug-likeness (QED) is 0.524. The van der Waals surface area contributed by atoms with Gasteiger partial charge in [0.05, 0.1) is 13.0 Å². The van der Waals surface area contributed by atoms with Gasteiger partial charge in [-0.3, -0.25) is 4.79 Å². The Bertz CT molecular complexity index is 353. The fourth-order valence-electron chi connectivity index (χ4n) is 1.85. The van der Waals surface area contributed by atoms with E-state index in [1.54, 1.807) is 6.92 Å². The molecular weight excluding hydrogens is 256 g/mol. The molecule has 2 amide bonds. The molecule has 1 fully saturated rings. The molecule has 1 aliphatic rings. The van der Waals surface area contributed by atoms with Crippen LogP contribution >= 0.6 is 0 Å². The van der Waals surface area contributed by atoms with Gasteiger partial charge in [-0.05, 0) is 13.3 Å². The predicted octanol–water partition coefficient (Wildman–Crippen LogP) is -0.361. The molecule has 8 heteroatoms. The first kappa shape index (κ1) is 15.2. The van der Waals surface area contributed by atoms with Crippen LogP contribution in [0.5, 0.6) is 0 Å². The van der Waals surface area contributed by atoms with Gasteiger partial charge in [0.25, 0.3) is 0 Å². The van der Waals surface area contributed by atoms with Gasteiger partial charge in [0, 0.05) is 18.6 Å². The smallest absolute Gasteiger partial charge is 0.326 e. The Morgan fingerprint density at radius 3 is 2.47 bits per heavy atom. The van der Waals surface area contributed by atoms with Crippen LogP contribution in [0.25, 0.3) is 0 Å². The number of ether oxygens (including phenoxy) is 1. The first-order chi connectivity index (χ1) is 8.90. The lowest BCUT2D eigenvalue weighted by Gasteiger charge is -2.21. The number of rotatable bonds is 6. The van der Waals surface area contributed by atoms with Gasteiger partial charge in [-0.15, -0.1) is 0 Å². The van der Waals surface area contributed by atoms with E-state index in [-0.39, 0.29) is 12.0 Å². The Morgan fingerprint density at radius 2 is 2.00 bits per heavy atom. The molecule has 0 aromatic heterocycles. The Balaban J connectivity index is 2.43. The van der Waals surface area contributed by atoms with Crippen molar-refractivity contribution in [2.45, 2.75) is 31.8 Å². The second kappa shape index (κ2) is 6.93. The summed E-state index contributed by atoms with van der Waals surface area (Å²) in [6.45, 7) is 3.00. The molecule has 19 heavy (non-hydrogen) atoms. The zero-order valence-corrected chi connectivity index (χ0v) is 10.6. The van der Waals surface area contributed by atoms with Crippen molar-refractivity contribution in [3.8, 4) is 0 Å². The first-order valence-electron chi connectivity index (χ1n) is 5.99. The number of carboxylic acids is 2. The van der Waals surface area contributed by atoms with Crippen LogP contribution in [-0.4, -0.2) is 53.5 Å². The third-order valence-corrected chi connectivity index (χ3v) is 3.01. The number of hydrogen-bond acceptors (Lipinski definition) is 4. The Kier molecular flexibility index (Phi) is 5.56. The third kappa shape index (κ3) is 5.12. The second-order valence-corrected chi connectivity index (χ2v) is 4.52. The minimum absolute atomic E-state index is 0.165. The van der Waals surface area contributed by atoms with E-state index >= 15 is 0 Å². The maximum Gasteiger partial charge on any atom is 0.326 e. The van der Waals surface area contributed by atoms with Gasteiger partial charge in [0.1, 0.15) is 6.04 Å². The van der Waals surface area contributed by atoms with E-state index in [1.165, 1.54) is 0 Å². The molecule has 3 unspecified atom stereocenters. The zero-order chi connectivity index (χ0) is 14.4. The molecule has 1 heterocycles. The van der Waals surface area contributed by atoms with Crippen molar-refractivity contribution >= 4 is 18.0 Å². The highest BCUT2D eigenvalue weighted by Gasteiger charge is 2.26. The highest BCUT2D eigenvalue weighted by Crippen LogP contribution is 2.16. The van der Waals surface area contributed by atoms with Crippen molar-refractivity contribution in [2.24, 2.45) is 5.92 Å². The fourth-order valence-corrected chi connectivity index (χ4v) is 1.85. The average molecular weight is 274 g/mol. The number of aliphatic carboxylic acids is 2. The molecule has 1 saturated heterocycles. The summed E-state index contributed by atoms with van der Waals surface area (Å²) < 4.78 is 5.19. The van der Waals surface area contributed by atoms with Crippen LogP contribution in [0.3, 0.4) is 0 Å². The standard InChI is InChI=1S/C11H18N2O6/c1-6(7-2-3-19-5-7)12-11(18)13-8(10(16)17)4-9(14)15/h6-8H,2-5H2,1H3,(H,14,15)(H,16,17)(H2,12,13,18). The van der Waals surface area contributed by atoms with E-state index in [2.05, 4.69) is 10.6 Å². The van der Waals surface area contributed by atoms with E-state index in [0.717, 1.165) is 6.42 Å². The fraction of sp³-hybridized carbons (Fsp3) is 0.727. The van der Waals surface area contributed by atoms with Crippen molar-refractivity contribution in [1.29, 1.82) is 0 Å². The number of nitrogens with one attached hydrogen (secondary N) is 2. The normalized spacial score (nSPS) is 21.4. The SMILES string of the molecule is CC(NC(=O)NC(CC(=O)O)C(=O)O)C1CCOC1. The van der Waals surface area contributed by atoms with Gasteiger partial charge < -0.3 is 25.6 Å². The summed E-state index contributed by atoms with van der Waals surface area (Å²) in [5, 5.41) is 22.1. The number of hydrogen-bond donors (Lipinski definition) is 4. The van der Waals surface area contributed by atoms with Crippen LogP contribution < -0.4 is 10.6 Å². The van der Waals surface area contributed by atoms with Crippen molar-refractivity contribution in [3.05, 3.63) is 0 Å². The van der Waals surface area contributed by atoms with Crippen molar-refractivity contribution in [1.82, 2.24) is 10.6 Å². The topological polar surface area (TPSA) is 125 Å². The molecule has 0 aromatic carbocycles. The Morgan fingerprint density at radius 1 is 1.32 bits per heavy atom. The monoisotopic (exact) mass is 274 g/mol. The van der Waals surface area contributed by atoms with Gasteiger partial charge in [-0.25, -0.2) is 9.59 Å². The Labute approximate surface area is 110 Å². The minimum atomic E-state index is -1.44. The summed E-state index contributed by atoms with van der Waals surface area (Å²) in [4.78, 5) is 32.8. The predicted molar refractivity (Wildman–Crippen MR) is 63.7 cm³/mol. The highest BCUT2D eigenvalue weighted by atomic mass is 16.5. The van der Waals surface area contributed by atoms with E-state index in [9.17, 15) is 14.4 Å². The molecule has 3 atom stereocenters. The summed E-state index contributed by atoms with van der Waals surface area (Å²) in [6, 6.07) is -2.29. The molecule has 1 aliphatic heterocycles. The lowest BCUT2D eigenvalue weighted by Crippen LogP contribution is -2.50. The summed E-state index contributed by atoms with van der Waals surface area (Å²) >= 11 is 0. The first-order valence-corrected chi connectivity index (χ1v) is 5.99. The van der Waals surface area contributed by atoms with Crippen molar-refractivity contribution < 1.29 is 29.3 Å². The summed E-state index contributed by atoms with van der Waals surface area (Å²) in [5.74, 6) is -2.48. The number of carbonyl (C=O) groups is 3. The van der Waals surface area contributed by atoms with Gasteiger partial charge in [0.2, 0.25) is 0 Å². The van der Waals surface area contributed by atoms with Crippen LogP contribution in [-0.2, 0) is 14.3 Å². The molecule has 4 N–H and O–H groups in total. The van der Waals surface area contributed by atoms with Crippen LogP contribution in [0, 0.1) is 5.92 Å². The summed E-state index contributed by atoms with van der Waals surface area (Å²) in [7, 11) is 0. The maximum atomic E-state index is 11.6. The van der Waals surface area contributed by atoms with Gasteiger partial charge in [0.15, 0.2) is 0 Å². The molecule has 0 aromatic rings. The molecule has 0 bridgehead atoms. The van der Waals surface area contributed by atoms with E-state index in [0.29, 0.717) is 13.2 Å². The number of carbonyl (C=O) groups excluding carboxylic acids is 1. The average Bonchev–Trinajstić information content (AvgIpc) is 2.80. The van der Waals surface area contributed by atoms with Crippen molar-refractivity contribution in [3.63, 3.8) is 0 Å². The highest BCUT2D eigenvalue weighted by molar-refractivity contribution is 5.86. The van der Waals surface area contributed by atoms with E-state index in [4.69, 9.17) is 14.9 Å². The maximum absolute atomic E-state index is 11.6. The molecule has 1 rings (SSSR count). The lowest BCUT2D eigenvalue weighted by atomic mass is 10.0. The molecular formula is C11H18N2O6. The number of amides is 2. The molecule has 0 saturated carbocycles. The Hall–Kier alpha value is -1.83. The minimum Gasteiger partial charge on any atom is -0.481 e. The molecule has 0 radical (unpaired) electrons. The van der Waals surface area contributed by atoms with Crippen LogP contribution in [0.4, 0.5) is 4.79 Å². The molecule has 0 spiro atoms. The van der Waals surface area contributed by atoms with Crippen LogP contribution in [0.15, 0.2) is 0 Å². The van der Waals surface area contributed by atoms with Gasteiger partial charge in [-0.1, -0.05) is 0 Å². The summed E-state index contributed by atoms with van der Waals surface area (Å²) in [6.07, 6.45) is 0.169. The van der Waals surface area contributed by atoms with Crippen LogP contribution in [0.1, 0.15) is 19.8 Å². The molecule has 8 nitrogen and oxygen atoms in total. The van der Waals surface area contributed by atoms with Crippen LogP contribution in [0.2, 0.25) is 0 Å². The zero-order valence-electron chi connectivity index (χ0n) is 10.6. The molecule has 108 valence electrons. The summed E-state index contributed by atoms with van der Waals surface area (Å²) in [5.41, 5.74) is 0. The second-order valence-electron chi connectivity index (χ2n) is 4.52. The molecule has 0 aliphatic carbocycles. The van der Waals surface area contributed by atoms with E-state index in [1.807, 2.05) is 0 Å². The number of urea groups is 1. The largest absolute Gasteiger partial charge is 0.481 e. The van der Waals surface area contributed by atoms with Gasteiger partial charge >= 0.3 is 18.0 Å². The van der Waals surface area contributed by atoms with E-state index < -0.39 is 30.4 Å². The number of carboxylic acid groups (broad SMARTS) is 2. The lowest BCUT2D eigenvalue weighted by molar-refractivity contribution is -0.145. The third-order valence-electron chi connectivity index (χ3n) is 3.01.